The number of benzene rings is 2. The lowest BCUT2D eigenvalue weighted by Gasteiger charge is -2.27. The van der Waals surface area contributed by atoms with Gasteiger partial charge in [0, 0.05) is 46.2 Å². The number of imide groups is 2. The van der Waals surface area contributed by atoms with Crippen LogP contribution in [-0.4, -0.2) is 74.0 Å². The molecule has 7 rings (SSSR count). The standard InChI is InChI=1S/C35H33ClN8O5S/c1-17-18(2)50-35-28(17)30(20-8-10-21(36)11-9-20)39-24(31-42-41-19(3)43(31)35)16-27(46)38-15-5-14-37-23-7-4-6-22-29(23)34(49)44(33(22)48)25-12-13-26(45)40-32(25)47/h4,6-11,24-25,37H,5,12-16H2,1-3H3,(H,38,46)(H,40,45,47)/t24-,25?/m0/s1. The van der Waals surface area contributed by atoms with Gasteiger partial charge in [-0.15, -0.1) is 21.5 Å². The fourth-order valence-corrected chi connectivity index (χ4v) is 7.92. The molecule has 0 spiro atoms. The Balaban J connectivity index is 1.02. The predicted octanol–water partition coefficient (Wildman–Crippen LogP) is 4.21. The van der Waals surface area contributed by atoms with Gasteiger partial charge in [-0.05, 0) is 63.4 Å². The summed E-state index contributed by atoms with van der Waals surface area (Å²) in [6, 6.07) is 10.8. The van der Waals surface area contributed by atoms with E-state index in [1.54, 1.807) is 29.5 Å². The molecule has 0 radical (unpaired) electrons. The van der Waals surface area contributed by atoms with Gasteiger partial charge in [0.05, 0.1) is 23.3 Å². The second-order valence-corrected chi connectivity index (χ2v) is 14.1. The fourth-order valence-electron chi connectivity index (χ4n) is 6.58. The van der Waals surface area contributed by atoms with Gasteiger partial charge in [0.1, 0.15) is 22.9 Å². The maximum Gasteiger partial charge on any atom is 0.264 e. The number of amides is 5. The second-order valence-electron chi connectivity index (χ2n) is 12.4. The number of fused-ring (bicyclic) bond motifs is 4. The zero-order valence-electron chi connectivity index (χ0n) is 27.5. The van der Waals surface area contributed by atoms with Crippen LogP contribution in [0.1, 0.15) is 85.7 Å². The lowest BCUT2D eigenvalue weighted by atomic mass is 9.99. The Morgan fingerprint density at radius 3 is 2.54 bits per heavy atom. The molecule has 1 saturated heterocycles. The lowest BCUT2D eigenvalue weighted by molar-refractivity contribution is -0.136. The molecule has 1 unspecified atom stereocenters. The maximum absolute atomic E-state index is 13.4. The van der Waals surface area contributed by atoms with Gasteiger partial charge in [-0.1, -0.05) is 29.8 Å². The third-order valence-electron chi connectivity index (χ3n) is 9.20. The summed E-state index contributed by atoms with van der Waals surface area (Å²) in [5.74, 6) is -1.15. The first-order chi connectivity index (χ1) is 24.0. The van der Waals surface area contributed by atoms with Crippen molar-refractivity contribution in [2.24, 2.45) is 4.99 Å². The van der Waals surface area contributed by atoms with Crippen molar-refractivity contribution in [3.8, 4) is 5.00 Å². The summed E-state index contributed by atoms with van der Waals surface area (Å²) in [6.07, 6.45) is 0.698. The maximum atomic E-state index is 13.4. The van der Waals surface area contributed by atoms with Crippen molar-refractivity contribution in [3.63, 3.8) is 0 Å². The molecule has 1 fully saturated rings. The van der Waals surface area contributed by atoms with Crippen LogP contribution in [0.3, 0.4) is 0 Å². The molecule has 5 heterocycles. The van der Waals surface area contributed by atoms with Crippen molar-refractivity contribution < 1.29 is 24.0 Å². The van der Waals surface area contributed by atoms with Crippen LogP contribution in [0, 0.1) is 20.8 Å². The van der Waals surface area contributed by atoms with E-state index in [4.69, 9.17) is 16.6 Å². The minimum absolute atomic E-state index is 0.0474. The van der Waals surface area contributed by atoms with Gasteiger partial charge in [-0.3, -0.25) is 43.7 Å². The Labute approximate surface area is 296 Å². The molecule has 3 aliphatic heterocycles. The number of nitrogens with zero attached hydrogens (tertiary/aromatic N) is 5. The van der Waals surface area contributed by atoms with E-state index in [-0.39, 0.29) is 36.3 Å². The van der Waals surface area contributed by atoms with Crippen LogP contribution >= 0.6 is 22.9 Å². The van der Waals surface area contributed by atoms with Crippen molar-refractivity contribution >= 4 is 63.9 Å². The minimum atomic E-state index is -1.04. The highest BCUT2D eigenvalue weighted by molar-refractivity contribution is 7.15. The molecule has 2 aromatic carbocycles. The molecule has 0 saturated carbocycles. The van der Waals surface area contributed by atoms with Gasteiger partial charge in [-0.2, -0.15) is 0 Å². The summed E-state index contributed by atoms with van der Waals surface area (Å²) in [7, 11) is 0. The zero-order chi connectivity index (χ0) is 35.3. The summed E-state index contributed by atoms with van der Waals surface area (Å²) >= 11 is 7.85. The smallest absolute Gasteiger partial charge is 0.264 e. The van der Waals surface area contributed by atoms with Gasteiger partial charge in [0.2, 0.25) is 17.7 Å². The van der Waals surface area contributed by atoms with Gasteiger partial charge in [-0.25, -0.2) is 0 Å². The number of hydrogen-bond acceptors (Lipinski definition) is 10. The van der Waals surface area contributed by atoms with Crippen molar-refractivity contribution in [3.05, 3.63) is 91.8 Å². The number of anilines is 1. The van der Waals surface area contributed by atoms with E-state index >= 15 is 0 Å². The number of halogens is 1. The van der Waals surface area contributed by atoms with Crippen LogP contribution < -0.4 is 16.0 Å². The number of nitrogens with one attached hydrogen (secondary N) is 3. The molecule has 0 bridgehead atoms. The van der Waals surface area contributed by atoms with Crippen molar-refractivity contribution in [2.45, 2.75) is 58.5 Å². The number of hydrogen-bond donors (Lipinski definition) is 3. The number of carbonyl (C=O) groups excluding carboxylic acids is 5. The number of aliphatic imine (C=N–C) groups is 1. The third kappa shape index (κ3) is 5.87. The summed E-state index contributed by atoms with van der Waals surface area (Å²) in [5, 5.41) is 18.8. The van der Waals surface area contributed by atoms with Crippen LogP contribution in [0.25, 0.3) is 5.00 Å². The molecule has 15 heteroatoms. The molecule has 3 aliphatic rings. The Hall–Kier alpha value is -5.21. The molecule has 0 aliphatic carbocycles. The second kappa shape index (κ2) is 13.2. The van der Waals surface area contributed by atoms with Crippen LogP contribution in [0.2, 0.25) is 5.02 Å². The SMILES string of the molecule is Cc1sc2c(c1C)C(c1ccc(Cl)cc1)=N[C@@H](CC(=O)NCCCNc1cccc3c1C(=O)N(C1CCC(=O)NC1=O)C3=O)c1nnc(C)n1-2. The first-order valence-electron chi connectivity index (χ1n) is 16.2. The Kier molecular flexibility index (Phi) is 8.82. The van der Waals surface area contributed by atoms with E-state index in [1.165, 1.54) is 0 Å². The Bertz CT molecular complexity index is 2120. The van der Waals surface area contributed by atoms with Crippen LogP contribution in [-0.2, 0) is 14.4 Å². The molecule has 3 N–H and O–H groups in total. The first-order valence-corrected chi connectivity index (χ1v) is 17.4. The summed E-state index contributed by atoms with van der Waals surface area (Å²) in [6.45, 7) is 6.77. The summed E-state index contributed by atoms with van der Waals surface area (Å²) in [5.41, 5.74) is 4.59. The van der Waals surface area contributed by atoms with Crippen molar-refractivity contribution in [1.29, 1.82) is 0 Å². The topological polar surface area (TPSA) is 168 Å². The number of piperidine rings is 1. The number of thiophene rings is 1. The number of aromatic nitrogens is 3. The Morgan fingerprint density at radius 2 is 1.78 bits per heavy atom. The van der Waals surface area contributed by atoms with Crippen molar-refractivity contribution in [1.82, 2.24) is 30.3 Å². The van der Waals surface area contributed by atoms with Crippen LogP contribution in [0.5, 0.6) is 0 Å². The van der Waals surface area contributed by atoms with E-state index in [0.29, 0.717) is 41.9 Å². The molecule has 4 aromatic rings. The van der Waals surface area contributed by atoms with Gasteiger partial charge in [0.15, 0.2) is 5.82 Å². The molecule has 13 nitrogen and oxygen atoms in total. The summed E-state index contributed by atoms with van der Waals surface area (Å²) in [4.78, 5) is 71.1. The number of rotatable bonds is 9. The molecular weight excluding hydrogens is 680 g/mol. The monoisotopic (exact) mass is 712 g/mol. The van der Waals surface area contributed by atoms with E-state index in [9.17, 15) is 24.0 Å². The average Bonchev–Trinajstić information content (AvgIpc) is 3.66. The van der Waals surface area contributed by atoms with Crippen LogP contribution in [0.15, 0.2) is 47.5 Å². The Morgan fingerprint density at radius 1 is 1.00 bits per heavy atom. The molecule has 5 amide bonds. The molecule has 2 aromatic heterocycles. The van der Waals surface area contributed by atoms with E-state index in [1.807, 2.05) is 35.8 Å². The van der Waals surface area contributed by atoms with Gasteiger partial charge < -0.3 is 10.6 Å². The predicted molar refractivity (Wildman–Crippen MR) is 187 cm³/mol. The van der Waals surface area contributed by atoms with Gasteiger partial charge in [0.25, 0.3) is 11.8 Å². The average molecular weight is 713 g/mol. The normalized spacial score (nSPS) is 18.2. The highest BCUT2D eigenvalue weighted by atomic mass is 35.5. The van der Waals surface area contributed by atoms with Gasteiger partial charge >= 0.3 is 0 Å². The molecule has 50 heavy (non-hydrogen) atoms. The quantitative estimate of drug-likeness (QED) is 0.171. The zero-order valence-corrected chi connectivity index (χ0v) is 29.1. The summed E-state index contributed by atoms with van der Waals surface area (Å²) < 4.78 is 2.00. The molecule has 256 valence electrons. The first kappa shape index (κ1) is 33.3. The fraction of sp³-hybridized carbons (Fsp3) is 0.314. The number of aryl methyl sites for hydroxylation is 2. The highest BCUT2D eigenvalue weighted by Gasteiger charge is 2.45. The largest absolute Gasteiger partial charge is 0.384 e. The van der Waals surface area contributed by atoms with Crippen LogP contribution in [0.4, 0.5) is 5.69 Å². The van der Waals surface area contributed by atoms with E-state index in [2.05, 4.69) is 40.0 Å². The molecular formula is C35H33ClN8O5S. The van der Waals surface area contributed by atoms with E-state index in [0.717, 1.165) is 37.2 Å². The lowest BCUT2D eigenvalue weighted by Crippen LogP contribution is -2.54. The molecule has 2 atom stereocenters. The van der Waals surface area contributed by atoms with Crippen molar-refractivity contribution in [2.75, 3.05) is 18.4 Å². The third-order valence-corrected chi connectivity index (χ3v) is 10.6. The highest BCUT2D eigenvalue weighted by Crippen LogP contribution is 2.39. The minimum Gasteiger partial charge on any atom is -0.384 e. The number of carbonyl (C=O) groups is 5. The van der Waals surface area contributed by atoms with E-state index < -0.39 is 35.7 Å².